The molecule has 142 valence electrons. The molecule has 1 aromatic heterocycles. The summed E-state index contributed by atoms with van der Waals surface area (Å²) in [5.74, 6) is -9.53. The lowest BCUT2D eigenvalue weighted by molar-refractivity contribution is -0.291. The standard InChI is InChI=1S/C11H9F8N3O3/c1-25-7(23)5(22-8(24)10(14,15)16)2-4-6(21-3-20-4)9(12,13)11(17,18)19/h3,5H,2H2,1H3,(H,20,21)(H,22,24). The van der Waals surface area contributed by atoms with E-state index in [-0.39, 0.29) is 0 Å². The van der Waals surface area contributed by atoms with E-state index in [0.717, 1.165) is 5.32 Å². The van der Waals surface area contributed by atoms with Crippen LogP contribution in [0.3, 0.4) is 0 Å². The summed E-state index contributed by atoms with van der Waals surface area (Å²) in [6.07, 6.45) is -12.2. The summed E-state index contributed by atoms with van der Waals surface area (Å²) >= 11 is 0. The third kappa shape index (κ3) is 4.57. The zero-order valence-electron chi connectivity index (χ0n) is 12.1. The molecule has 1 heterocycles. The van der Waals surface area contributed by atoms with Crippen LogP contribution in [0.15, 0.2) is 6.33 Å². The number of ether oxygens (including phenoxy) is 1. The molecule has 0 aliphatic rings. The highest BCUT2D eigenvalue weighted by molar-refractivity contribution is 5.87. The van der Waals surface area contributed by atoms with Gasteiger partial charge in [0.1, 0.15) is 11.7 Å². The Morgan fingerprint density at radius 2 is 1.76 bits per heavy atom. The number of H-pyrrole nitrogens is 1. The summed E-state index contributed by atoms with van der Waals surface area (Å²) in [6, 6.07) is -2.18. The van der Waals surface area contributed by atoms with Crippen LogP contribution in [-0.4, -0.2) is 47.3 Å². The number of carbonyl (C=O) groups excluding carboxylic acids is 2. The molecule has 0 spiro atoms. The van der Waals surface area contributed by atoms with Gasteiger partial charge in [-0.25, -0.2) is 9.78 Å². The molecule has 6 nitrogen and oxygen atoms in total. The average Bonchev–Trinajstić information content (AvgIpc) is 2.92. The van der Waals surface area contributed by atoms with Crippen molar-refractivity contribution >= 4 is 11.9 Å². The van der Waals surface area contributed by atoms with E-state index in [1.165, 1.54) is 0 Å². The van der Waals surface area contributed by atoms with Gasteiger partial charge < -0.3 is 15.0 Å². The van der Waals surface area contributed by atoms with E-state index in [0.29, 0.717) is 13.4 Å². The number of imidazole rings is 1. The summed E-state index contributed by atoms with van der Waals surface area (Å²) in [6.45, 7) is 0. The number of methoxy groups -OCH3 is 1. The Bertz CT molecular complexity index is 637. The minimum atomic E-state index is -6.03. The zero-order chi connectivity index (χ0) is 19.6. The number of aromatic nitrogens is 2. The lowest BCUT2D eigenvalue weighted by atomic mass is 10.1. The lowest BCUT2D eigenvalue weighted by Crippen LogP contribution is -2.48. The summed E-state index contributed by atoms with van der Waals surface area (Å²) in [7, 11) is 0.716. The Labute approximate surface area is 133 Å². The van der Waals surface area contributed by atoms with Crippen LogP contribution >= 0.6 is 0 Å². The molecule has 0 radical (unpaired) electrons. The molecule has 0 aliphatic heterocycles. The van der Waals surface area contributed by atoms with Gasteiger partial charge in [-0.2, -0.15) is 35.1 Å². The maximum absolute atomic E-state index is 13.4. The van der Waals surface area contributed by atoms with Crippen molar-refractivity contribution in [1.29, 1.82) is 0 Å². The molecular formula is C11H9F8N3O3. The van der Waals surface area contributed by atoms with Gasteiger partial charge in [0.25, 0.3) is 0 Å². The first-order valence-electron chi connectivity index (χ1n) is 6.14. The second-order valence-electron chi connectivity index (χ2n) is 4.55. The third-order valence-corrected chi connectivity index (χ3v) is 2.83. The van der Waals surface area contributed by atoms with Gasteiger partial charge in [0.15, 0.2) is 0 Å². The Morgan fingerprint density at radius 3 is 2.20 bits per heavy atom. The minimum absolute atomic E-state index is 0.435. The van der Waals surface area contributed by atoms with Gasteiger partial charge in [-0.1, -0.05) is 0 Å². The average molecular weight is 383 g/mol. The Morgan fingerprint density at radius 1 is 1.20 bits per heavy atom. The topological polar surface area (TPSA) is 84.1 Å². The van der Waals surface area contributed by atoms with Crippen molar-refractivity contribution in [2.24, 2.45) is 0 Å². The molecule has 0 aromatic carbocycles. The molecule has 0 bridgehead atoms. The van der Waals surface area contributed by atoms with E-state index in [2.05, 4.69) is 9.72 Å². The molecule has 14 heteroatoms. The molecule has 0 saturated carbocycles. The largest absolute Gasteiger partial charge is 0.471 e. The van der Waals surface area contributed by atoms with Crippen molar-refractivity contribution in [3.8, 4) is 0 Å². The van der Waals surface area contributed by atoms with Crippen molar-refractivity contribution in [3.05, 3.63) is 17.7 Å². The van der Waals surface area contributed by atoms with Gasteiger partial charge in [-0.3, -0.25) is 4.79 Å². The van der Waals surface area contributed by atoms with Gasteiger partial charge in [-0.15, -0.1) is 0 Å². The number of hydrogen-bond donors (Lipinski definition) is 2. The quantitative estimate of drug-likeness (QED) is 0.600. The van der Waals surface area contributed by atoms with Crippen molar-refractivity contribution in [2.75, 3.05) is 7.11 Å². The second-order valence-corrected chi connectivity index (χ2v) is 4.55. The van der Waals surface area contributed by atoms with E-state index < -0.39 is 54.0 Å². The van der Waals surface area contributed by atoms with Crippen LogP contribution < -0.4 is 5.32 Å². The van der Waals surface area contributed by atoms with Gasteiger partial charge in [0.05, 0.1) is 13.4 Å². The fraction of sp³-hybridized carbons (Fsp3) is 0.545. The highest BCUT2D eigenvalue weighted by atomic mass is 19.4. The molecule has 1 rings (SSSR count). The molecule has 0 fully saturated rings. The summed E-state index contributed by atoms with van der Waals surface area (Å²) in [5.41, 5.74) is -2.84. The van der Waals surface area contributed by atoms with Crippen LogP contribution in [-0.2, 0) is 26.7 Å². The third-order valence-electron chi connectivity index (χ3n) is 2.83. The first kappa shape index (κ1) is 20.6. The second kappa shape index (κ2) is 6.84. The summed E-state index contributed by atoms with van der Waals surface area (Å²) in [4.78, 5) is 27.0. The molecule has 0 aliphatic carbocycles. The number of aromatic amines is 1. The Balaban J connectivity index is 3.14. The smallest absolute Gasteiger partial charge is 0.467 e. The minimum Gasteiger partial charge on any atom is -0.467 e. The van der Waals surface area contributed by atoms with Crippen molar-refractivity contribution in [2.45, 2.75) is 30.7 Å². The van der Waals surface area contributed by atoms with Crippen molar-refractivity contribution < 1.29 is 49.4 Å². The first-order valence-corrected chi connectivity index (χ1v) is 6.14. The van der Waals surface area contributed by atoms with E-state index >= 15 is 0 Å². The number of esters is 1. The number of nitrogens with zero attached hydrogens (tertiary/aromatic N) is 1. The van der Waals surface area contributed by atoms with Crippen LogP contribution in [0.5, 0.6) is 0 Å². The maximum atomic E-state index is 13.4. The SMILES string of the molecule is COC(=O)C(Cc1[nH]cnc1C(F)(F)C(F)(F)F)NC(=O)C(F)(F)F. The molecule has 25 heavy (non-hydrogen) atoms. The van der Waals surface area contributed by atoms with E-state index in [1.807, 2.05) is 4.98 Å². The van der Waals surface area contributed by atoms with E-state index in [4.69, 9.17) is 0 Å². The van der Waals surface area contributed by atoms with Gasteiger partial charge in [0.2, 0.25) is 0 Å². The van der Waals surface area contributed by atoms with E-state index in [1.54, 1.807) is 0 Å². The number of rotatable bonds is 5. The Kier molecular flexibility index (Phi) is 5.64. The molecule has 1 aromatic rings. The molecule has 2 N–H and O–H groups in total. The van der Waals surface area contributed by atoms with Gasteiger partial charge >= 0.3 is 30.2 Å². The van der Waals surface area contributed by atoms with Gasteiger partial charge in [-0.05, 0) is 0 Å². The van der Waals surface area contributed by atoms with Crippen LogP contribution in [0.1, 0.15) is 11.4 Å². The highest BCUT2D eigenvalue weighted by Crippen LogP contribution is 2.44. The zero-order valence-corrected chi connectivity index (χ0v) is 12.1. The number of nitrogens with one attached hydrogen (secondary N) is 2. The number of carbonyl (C=O) groups is 2. The molecule has 1 amide bonds. The van der Waals surface area contributed by atoms with Crippen molar-refractivity contribution in [1.82, 2.24) is 15.3 Å². The molecule has 1 atom stereocenters. The van der Waals surface area contributed by atoms with E-state index in [9.17, 15) is 44.7 Å². The predicted molar refractivity (Wildman–Crippen MR) is 62.2 cm³/mol. The Hall–Kier alpha value is -2.41. The first-order chi connectivity index (χ1) is 11.2. The fourth-order valence-corrected chi connectivity index (χ4v) is 1.66. The molecule has 0 saturated heterocycles. The van der Waals surface area contributed by atoms with Crippen LogP contribution in [0, 0.1) is 0 Å². The maximum Gasteiger partial charge on any atom is 0.471 e. The monoisotopic (exact) mass is 383 g/mol. The fourth-order valence-electron chi connectivity index (χ4n) is 1.66. The summed E-state index contributed by atoms with van der Waals surface area (Å²) in [5, 5.41) is 1.15. The number of amides is 1. The number of hydrogen-bond acceptors (Lipinski definition) is 4. The van der Waals surface area contributed by atoms with Gasteiger partial charge in [0, 0.05) is 12.1 Å². The van der Waals surface area contributed by atoms with Crippen LogP contribution in [0.4, 0.5) is 35.1 Å². The molecule has 1 unspecified atom stereocenters. The van der Waals surface area contributed by atoms with Crippen LogP contribution in [0.2, 0.25) is 0 Å². The lowest BCUT2D eigenvalue weighted by Gasteiger charge is -2.21. The van der Waals surface area contributed by atoms with Crippen molar-refractivity contribution in [3.63, 3.8) is 0 Å². The number of halogens is 8. The normalized spacial score (nSPS) is 14.1. The number of alkyl halides is 8. The predicted octanol–water partition coefficient (Wildman–Crippen LogP) is 1.83. The summed E-state index contributed by atoms with van der Waals surface area (Å²) < 4.78 is 105. The molecular weight excluding hydrogens is 374 g/mol. The van der Waals surface area contributed by atoms with Crippen LogP contribution in [0.25, 0.3) is 0 Å². The highest BCUT2D eigenvalue weighted by Gasteiger charge is 2.61.